The molecule has 1 saturated carbocycles. The van der Waals surface area contributed by atoms with Crippen molar-refractivity contribution in [1.29, 1.82) is 0 Å². The minimum atomic E-state index is -3.62. The summed E-state index contributed by atoms with van der Waals surface area (Å²) in [5.74, 6) is 1.12. The fraction of sp³-hybridized carbons (Fsp3) is 0.556. The average molecular weight is 395 g/mol. The van der Waals surface area contributed by atoms with Gasteiger partial charge in [0.1, 0.15) is 5.84 Å². The van der Waals surface area contributed by atoms with E-state index in [0.29, 0.717) is 41.6 Å². The van der Waals surface area contributed by atoms with Crippen LogP contribution in [0.3, 0.4) is 0 Å². The highest BCUT2D eigenvalue weighted by molar-refractivity contribution is 7.90. The Morgan fingerprint density at radius 2 is 2.04 bits per heavy atom. The SMILES string of the molecule is C[C@@H]1CCCC[C@@H]1NC(=S)Nc1cccc(S(=O)(=O)NC2=NCCC2)c1. The maximum absolute atomic E-state index is 12.5. The van der Waals surface area contributed by atoms with E-state index in [-0.39, 0.29) is 4.90 Å². The predicted molar refractivity (Wildman–Crippen MR) is 109 cm³/mol. The quantitative estimate of drug-likeness (QED) is 0.684. The van der Waals surface area contributed by atoms with Crippen molar-refractivity contribution in [3.05, 3.63) is 24.3 Å². The van der Waals surface area contributed by atoms with Crippen LogP contribution in [0.15, 0.2) is 34.2 Å². The topological polar surface area (TPSA) is 82.6 Å². The number of hydrogen-bond donors (Lipinski definition) is 3. The second kappa shape index (κ2) is 8.35. The van der Waals surface area contributed by atoms with Crippen LogP contribution in [0.4, 0.5) is 5.69 Å². The second-order valence-corrected chi connectivity index (χ2v) is 9.12. The van der Waals surface area contributed by atoms with E-state index in [1.54, 1.807) is 18.2 Å². The first-order valence-corrected chi connectivity index (χ1v) is 11.1. The van der Waals surface area contributed by atoms with Crippen molar-refractivity contribution in [1.82, 2.24) is 10.0 Å². The summed E-state index contributed by atoms with van der Waals surface area (Å²) in [5.41, 5.74) is 0.655. The highest BCUT2D eigenvalue weighted by Crippen LogP contribution is 2.24. The zero-order chi connectivity index (χ0) is 18.6. The number of nitrogens with one attached hydrogen (secondary N) is 3. The third kappa shape index (κ3) is 4.94. The van der Waals surface area contributed by atoms with Crippen molar-refractivity contribution in [2.45, 2.75) is 56.4 Å². The standard InChI is InChI=1S/C18H26N4O2S2/c1-13-6-2-3-9-16(13)21-18(25)20-14-7-4-8-15(12-14)26(23,24)22-17-10-5-11-19-17/h4,7-8,12-13,16H,2-3,5-6,9-11H2,1H3,(H,19,22)(H2,20,21,25)/t13-,16+/m1/s1. The Balaban J connectivity index is 1.64. The molecule has 142 valence electrons. The van der Waals surface area contributed by atoms with E-state index in [2.05, 4.69) is 27.3 Å². The Labute approximate surface area is 160 Å². The lowest BCUT2D eigenvalue weighted by molar-refractivity contribution is 0.309. The molecule has 3 N–H and O–H groups in total. The van der Waals surface area contributed by atoms with E-state index >= 15 is 0 Å². The molecule has 1 fully saturated rings. The molecule has 0 bridgehead atoms. The summed E-state index contributed by atoms with van der Waals surface area (Å²) >= 11 is 5.42. The molecule has 0 amide bonds. The molecule has 1 aromatic rings. The minimum absolute atomic E-state index is 0.200. The average Bonchev–Trinajstić information content (AvgIpc) is 3.09. The van der Waals surface area contributed by atoms with Crippen molar-refractivity contribution in [3.63, 3.8) is 0 Å². The van der Waals surface area contributed by atoms with Crippen LogP contribution < -0.4 is 15.4 Å². The zero-order valence-electron chi connectivity index (χ0n) is 15.0. The Morgan fingerprint density at radius 3 is 2.77 bits per heavy atom. The van der Waals surface area contributed by atoms with Gasteiger partial charge in [-0.15, -0.1) is 0 Å². The molecule has 1 aliphatic heterocycles. The lowest BCUT2D eigenvalue weighted by Crippen LogP contribution is -2.43. The van der Waals surface area contributed by atoms with Crippen molar-refractivity contribution < 1.29 is 8.42 Å². The number of rotatable bonds is 4. The van der Waals surface area contributed by atoms with Crippen LogP contribution in [0, 0.1) is 5.92 Å². The summed E-state index contributed by atoms with van der Waals surface area (Å²) < 4.78 is 27.6. The zero-order valence-corrected chi connectivity index (χ0v) is 16.6. The van der Waals surface area contributed by atoms with Crippen LogP contribution >= 0.6 is 12.2 Å². The van der Waals surface area contributed by atoms with Crippen molar-refractivity contribution >= 4 is 38.9 Å². The van der Waals surface area contributed by atoms with Gasteiger partial charge in [0.2, 0.25) is 0 Å². The van der Waals surface area contributed by atoms with E-state index < -0.39 is 10.0 Å². The van der Waals surface area contributed by atoms with Gasteiger partial charge in [-0.1, -0.05) is 25.8 Å². The fourth-order valence-corrected chi connectivity index (χ4v) is 4.85. The number of aliphatic imine (C=N–C) groups is 1. The summed E-state index contributed by atoms with van der Waals surface area (Å²) in [6, 6.07) is 7.06. The Bertz CT molecular complexity index is 792. The van der Waals surface area contributed by atoms with Crippen LogP contribution in [0.5, 0.6) is 0 Å². The summed E-state index contributed by atoms with van der Waals surface area (Å²) in [4.78, 5) is 4.37. The molecular weight excluding hydrogens is 368 g/mol. The molecular formula is C18H26N4O2S2. The van der Waals surface area contributed by atoms with Gasteiger partial charge in [0.05, 0.1) is 4.90 Å². The van der Waals surface area contributed by atoms with Crippen molar-refractivity contribution in [3.8, 4) is 0 Å². The molecule has 1 heterocycles. The number of sulfonamides is 1. The number of amidine groups is 1. The maximum atomic E-state index is 12.5. The van der Waals surface area contributed by atoms with Gasteiger partial charge in [-0.25, -0.2) is 8.42 Å². The largest absolute Gasteiger partial charge is 0.359 e. The first-order chi connectivity index (χ1) is 12.4. The molecule has 2 aliphatic rings. The third-order valence-electron chi connectivity index (χ3n) is 4.96. The van der Waals surface area contributed by atoms with E-state index in [4.69, 9.17) is 12.2 Å². The molecule has 0 aromatic heterocycles. The fourth-order valence-electron chi connectivity index (χ4n) is 3.44. The number of benzene rings is 1. The molecule has 2 atom stereocenters. The molecule has 1 aliphatic carbocycles. The summed E-state index contributed by atoms with van der Waals surface area (Å²) in [7, 11) is -3.62. The lowest BCUT2D eigenvalue weighted by atomic mass is 9.86. The molecule has 1 aromatic carbocycles. The van der Waals surface area contributed by atoms with Crippen LogP contribution in [-0.4, -0.2) is 32.0 Å². The van der Waals surface area contributed by atoms with Gasteiger partial charge >= 0.3 is 0 Å². The molecule has 6 nitrogen and oxygen atoms in total. The summed E-state index contributed by atoms with van der Waals surface area (Å²) in [5, 5.41) is 7.02. The minimum Gasteiger partial charge on any atom is -0.359 e. The van der Waals surface area contributed by atoms with Gasteiger partial charge in [-0.2, -0.15) is 0 Å². The molecule has 8 heteroatoms. The van der Waals surface area contributed by atoms with Gasteiger partial charge in [0.15, 0.2) is 5.11 Å². The van der Waals surface area contributed by atoms with Gasteiger partial charge < -0.3 is 10.6 Å². The van der Waals surface area contributed by atoms with Crippen molar-refractivity contribution in [2.75, 3.05) is 11.9 Å². The summed E-state index contributed by atoms with van der Waals surface area (Å²) in [6.45, 7) is 2.92. The normalized spacial score (nSPS) is 23.2. The molecule has 26 heavy (non-hydrogen) atoms. The van der Waals surface area contributed by atoms with Gasteiger partial charge in [-0.3, -0.25) is 9.71 Å². The highest BCUT2D eigenvalue weighted by Gasteiger charge is 2.22. The van der Waals surface area contributed by atoms with Crippen molar-refractivity contribution in [2.24, 2.45) is 10.9 Å². The van der Waals surface area contributed by atoms with E-state index in [0.717, 1.165) is 12.8 Å². The van der Waals surface area contributed by atoms with E-state index in [9.17, 15) is 8.42 Å². The smallest absolute Gasteiger partial charge is 0.262 e. The molecule has 0 radical (unpaired) electrons. The van der Waals surface area contributed by atoms with E-state index in [1.165, 1.54) is 19.3 Å². The van der Waals surface area contributed by atoms with Gasteiger partial charge in [0.25, 0.3) is 10.0 Å². The van der Waals surface area contributed by atoms with Crippen LogP contribution in [0.2, 0.25) is 0 Å². The monoisotopic (exact) mass is 394 g/mol. The first kappa shape index (κ1) is 19.1. The Hall–Kier alpha value is -1.67. The molecule has 0 saturated heterocycles. The number of anilines is 1. The van der Waals surface area contributed by atoms with Crippen LogP contribution in [0.1, 0.15) is 45.4 Å². The van der Waals surface area contributed by atoms with Crippen LogP contribution in [0.25, 0.3) is 0 Å². The van der Waals surface area contributed by atoms with E-state index in [1.807, 2.05) is 6.07 Å². The van der Waals surface area contributed by atoms with Gasteiger partial charge in [-0.05, 0) is 55.6 Å². The Kier molecular flexibility index (Phi) is 6.13. The highest BCUT2D eigenvalue weighted by atomic mass is 32.2. The molecule has 3 rings (SSSR count). The predicted octanol–water partition coefficient (Wildman–Crippen LogP) is 3.02. The summed E-state index contributed by atoms with van der Waals surface area (Å²) in [6.07, 6.45) is 6.38. The van der Waals surface area contributed by atoms with Crippen LogP contribution in [-0.2, 0) is 10.0 Å². The molecule has 0 unspecified atom stereocenters. The lowest BCUT2D eigenvalue weighted by Gasteiger charge is -2.30. The van der Waals surface area contributed by atoms with Gasteiger partial charge in [0, 0.05) is 24.7 Å². The third-order valence-corrected chi connectivity index (χ3v) is 6.56. The first-order valence-electron chi connectivity index (χ1n) is 9.18. The number of hydrogen-bond acceptors (Lipinski definition) is 4. The molecule has 0 spiro atoms. The Morgan fingerprint density at radius 1 is 1.23 bits per heavy atom. The second-order valence-electron chi connectivity index (χ2n) is 7.03. The number of thiocarbonyl (C=S) groups is 1. The maximum Gasteiger partial charge on any atom is 0.262 e. The number of nitrogens with zero attached hydrogens (tertiary/aromatic N) is 1.